The lowest BCUT2D eigenvalue weighted by atomic mass is 10.2. The summed E-state index contributed by atoms with van der Waals surface area (Å²) >= 11 is 0. The maximum Gasteiger partial charge on any atom is 0.248 e. The lowest BCUT2D eigenvalue weighted by Crippen LogP contribution is -2.07. The van der Waals surface area contributed by atoms with Gasteiger partial charge in [0.1, 0.15) is 5.75 Å². The maximum atomic E-state index is 11.9. The van der Waals surface area contributed by atoms with Crippen molar-refractivity contribution in [2.45, 2.75) is 0 Å². The maximum absolute atomic E-state index is 11.9. The average Bonchev–Trinajstić information content (AvgIpc) is 2.59. The summed E-state index contributed by atoms with van der Waals surface area (Å²) in [6.07, 6.45) is 3.13. The number of hydrogen-bond acceptors (Lipinski definition) is 4. The monoisotopic (exact) mass is 308 g/mol. The van der Waals surface area contributed by atoms with Gasteiger partial charge >= 0.3 is 0 Å². The van der Waals surface area contributed by atoms with Crippen LogP contribution in [-0.4, -0.2) is 19.8 Å². The standard InChI is InChI=1S/C18H16N2O3/c1-22-13-23-17-8-5-14(6-9-17)7-10-18(21)20-16-4-2-3-15(11-16)12-19/h2-11H,13H2,1H3,(H,20,21)/b10-7+. The fourth-order valence-corrected chi connectivity index (χ4v) is 1.82. The summed E-state index contributed by atoms with van der Waals surface area (Å²) in [4.78, 5) is 11.9. The third kappa shape index (κ3) is 5.30. The molecule has 0 atom stereocenters. The summed E-state index contributed by atoms with van der Waals surface area (Å²) in [5.74, 6) is 0.432. The van der Waals surface area contributed by atoms with Crippen molar-refractivity contribution in [1.82, 2.24) is 0 Å². The Labute approximate surface area is 134 Å². The zero-order valence-electron chi connectivity index (χ0n) is 12.7. The van der Waals surface area contributed by atoms with Gasteiger partial charge in [-0.25, -0.2) is 0 Å². The molecular weight excluding hydrogens is 292 g/mol. The first-order valence-corrected chi connectivity index (χ1v) is 6.92. The van der Waals surface area contributed by atoms with E-state index in [2.05, 4.69) is 5.32 Å². The SMILES string of the molecule is COCOc1ccc(/C=C/C(=O)Nc2cccc(C#N)c2)cc1. The van der Waals surface area contributed by atoms with Gasteiger partial charge in [-0.2, -0.15) is 5.26 Å². The first-order chi connectivity index (χ1) is 11.2. The molecule has 2 aromatic rings. The lowest BCUT2D eigenvalue weighted by Gasteiger charge is -2.04. The van der Waals surface area contributed by atoms with Crippen molar-refractivity contribution in [3.8, 4) is 11.8 Å². The van der Waals surface area contributed by atoms with Crippen LogP contribution in [0.25, 0.3) is 6.08 Å². The van der Waals surface area contributed by atoms with E-state index < -0.39 is 0 Å². The molecule has 0 aliphatic rings. The Bertz CT molecular complexity index is 731. The van der Waals surface area contributed by atoms with Gasteiger partial charge in [0.05, 0.1) is 11.6 Å². The molecule has 0 unspecified atom stereocenters. The zero-order chi connectivity index (χ0) is 16.5. The highest BCUT2D eigenvalue weighted by atomic mass is 16.7. The molecule has 0 aliphatic heterocycles. The summed E-state index contributed by atoms with van der Waals surface area (Å²) in [7, 11) is 1.56. The second-order valence-electron chi connectivity index (χ2n) is 4.64. The van der Waals surface area contributed by atoms with Crippen molar-refractivity contribution in [2.75, 3.05) is 19.2 Å². The first-order valence-electron chi connectivity index (χ1n) is 6.92. The number of amides is 1. The molecule has 116 valence electrons. The normalized spacial score (nSPS) is 10.3. The minimum absolute atomic E-state index is 0.194. The van der Waals surface area contributed by atoms with E-state index in [0.29, 0.717) is 17.0 Å². The van der Waals surface area contributed by atoms with Crippen LogP contribution in [0.5, 0.6) is 5.75 Å². The van der Waals surface area contributed by atoms with E-state index in [1.54, 1.807) is 49.6 Å². The highest BCUT2D eigenvalue weighted by molar-refractivity contribution is 6.02. The molecule has 0 saturated heterocycles. The molecule has 23 heavy (non-hydrogen) atoms. The van der Waals surface area contributed by atoms with E-state index in [1.165, 1.54) is 6.08 Å². The molecule has 0 saturated carbocycles. The number of carbonyl (C=O) groups is 1. The van der Waals surface area contributed by atoms with Gasteiger partial charge in [-0.05, 0) is 42.0 Å². The van der Waals surface area contributed by atoms with Crippen molar-refractivity contribution in [2.24, 2.45) is 0 Å². The molecule has 5 nitrogen and oxygen atoms in total. The molecule has 0 spiro atoms. The van der Waals surface area contributed by atoms with Gasteiger partial charge in [0.15, 0.2) is 6.79 Å². The number of rotatable bonds is 6. The van der Waals surface area contributed by atoms with Crippen LogP contribution in [0, 0.1) is 11.3 Å². The quantitative estimate of drug-likeness (QED) is 0.657. The van der Waals surface area contributed by atoms with Crippen LogP contribution in [0.3, 0.4) is 0 Å². The summed E-state index contributed by atoms with van der Waals surface area (Å²) in [6, 6.07) is 16.0. The van der Waals surface area contributed by atoms with Crippen LogP contribution in [0.2, 0.25) is 0 Å². The molecule has 0 heterocycles. The van der Waals surface area contributed by atoms with Gasteiger partial charge in [-0.1, -0.05) is 18.2 Å². The number of methoxy groups -OCH3 is 1. The minimum atomic E-state index is -0.264. The predicted octanol–water partition coefficient (Wildman–Crippen LogP) is 3.19. The van der Waals surface area contributed by atoms with Gasteiger partial charge in [0.25, 0.3) is 0 Å². The predicted molar refractivity (Wildman–Crippen MR) is 87.8 cm³/mol. The Morgan fingerprint density at radius 2 is 2.04 bits per heavy atom. The van der Waals surface area contributed by atoms with E-state index in [9.17, 15) is 4.79 Å². The van der Waals surface area contributed by atoms with Crippen LogP contribution in [-0.2, 0) is 9.53 Å². The Morgan fingerprint density at radius 3 is 2.74 bits per heavy atom. The average molecular weight is 308 g/mol. The van der Waals surface area contributed by atoms with E-state index in [1.807, 2.05) is 18.2 Å². The fourth-order valence-electron chi connectivity index (χ4n) is 1.82. The third-order valence-electron chi connectivity index (χ3n) is 2.91. The van der Waals surface area contributed by atoms with Crippen LogP contribution in [0.4, 0.5) is 5.69 Å². The second-order valence-corrected chi connectivity index (χ2v) is 4.64. The molecule has 5 heteroatoms. The van der Waals surface area contributed by atoms with Gasteiger partial charge in [0.2, 0.25) is 5.91 Å². The van der Waals surface area contributed by atoms with Crippen LogP contribution in [0.15, 0.2) is 54.6 Å². The smallest absolute Gasteiger partial charge is 0.248 e. The van der Waals surface area contributed by atoms with Gasteiger partial charge < -0.3 is 14.8 Å². The van der Waals surface area contributed by atoms with Gasteiger partial charge in [0, 0.05) is 18.9 Å². The van der Waals surface area contributed by atoms with Crippen molar-refractivity contribution in [1.29, 1.82) is 5.26 Å². The molecule has 0 aromatic heterocycles. The van der Waals surface area contributed by atoms with Crippen molar-refractivity contribution in [3.63, 3.8) is 0 Å². The molecule has 2 aromatic carbocycles. The van der Waals surface area contributed by atoms with Crippen molar-refractivity contribution >= 4 is 17.7 Å². The van der Waals surface area contributed by atoms with E-state index in [0.717, 1.165) is 5.56 Å². The van der Waals surface area contributed by atoms with Crippen molar-refractivity contribution < 1.29 is 14.3 Å². The lowest BCUT2D eigenvalue weighted by molar-refractivity contribution is -0.111. The van der Waals surface area contributed by atoms with Crippen LogP contribution < -0.4 is 10.1 Å². The molecule has 0 aliphatic carbocycles. The first kappa shape index (κ1) is 16.3. The van der Waals surface area contributed by atoms with Gasteiger partial charge in [-0.15, -0.1) is 0 Å². The number of carbonyl (C=O) groups excluding carboxylic acids is 1. The number of benzene rings is 2. The summed E-state index contributed by atoms with van der Waals surface area (Å²) in [6.45, 7) is 0.194. The van der Waals surface area contributed by atoms with E-state index >= 15 is 0 Å². The molecule has 1 amide bonds. The summed E-state index contributed by atoms with van der Waals surface area (Å²) < 4.78 is 10.1. The highest BCUT2D eigenvalue weighted by Crippen LogP contribution is 2.14. The number of nitriles is 1. The van der Waals surface area contributed by atoms with Crippen LogP contribution in [0.1, 0.15) is 11.1 Å². The fraction of sp³-hybridized carbons (Fsp3) is 0.111. The number of hydrogen-bond donors (Lipinski definition) is 1. The molecule has 0 bridgehead atoms. The molecule has 0 radical (unpaired) electrons. The Morgan fingerprint density at radius 1 is 1.26 bits per heavy atom. The summed E-state index contributed by atoms with van der Waals surface area (Å²) in [5.41, 5.74) is 1.95. The number of ether oxygens (including phenoxy) is 2. The topological polar surface area (TPSA) is 71.3 Å². The van der Waals surface area contributed by atoms with Crippen LogP contribution >= 0.6 is 0 Å². The van der Waals surface area contributed by atoms with Gasteiger partial charge in [-0.3, -0.25) is 4.79 Å². The molecule has 1 N–H and O–H groups in total. The summed E-state index contributed by atoms with van der Waals surface area (Å²) in [5, 5.41) is 11.5. The Hall–Kier alpha value is -3.10. The number of anilines is 1. The number of nitrogens with one attached hydrogen (secondary N) is 1. The third-order valence-corrected chi connectivity index (χ3v) is 2.91. The van der Waals surface area contributed by atoms with E-state index in [4.69, 9.17) is 14.7 Å². The Kier molecular flexibility index (Phi) is 5.92. The Balaban J connectivity index is 1.94. The highest BCUT2D eigenvalue weighted by Gasteiger charge is 1.99. The second kappa shape index (κ2) is 8.37. The molecule has 2 rings (SSSR count). The van der Waals surface area contributed by atoms with E-state index in [-0.39, 0.29) is 12.7 Å². The minimum Gasteiger partial charge on any atom is -0.468 e. The van der Waals surface area contributed by atoms with Crippen molar-refractivity contribution in [3.05, 3.63) is 65.7 Å². The largest absolute Gasteiger partial charge is 0.468 e. The zero-order valence-corrected chi connectivity index (χ0v) is 12.7. The molecule has 0 fully saturated rings. The molecular formula is C18H16N2O3. The number of nitrogens with zero attached hydrogens (tertiary/aromatic N) is 1.